The van der Waals surface area contributed by atoms with Gasteiger partial charge in [-0.05, 0) is 42.0 Å². The highest BCUT2D eigenvalue weighted by atomic mass is 16.3. The fraction of sp³-hybridized carbons (Fsp3) is 0.0667. The zero-order valence-electron chi connectivity index (χ0n) is 9.80. The molecule has 0 radical (unpaired) electrons. The van der Waals surface area contributed by atoms with Crippen molar-refractivity contribution in [2.75, 3.05) is 0 Å². The first-order chi connectivity index (χ1) is 8.84. The van der Waals surface area contributed by atoms with Crippen molar-refractivity contribution < 1.29 is 5.11 Å². The first-order valence-corrected chi connectivity index (χ1v) is 5.90. The molecule has 0 unspecified atom stereocenters. The molecule has 0 aliphatic carbocycles. The Bertz CT molecular complexity index is 560. The molecule has 90 valence electrons. The molecular formula is C15H14N2O. The molecule has 3 N–H and O–H groups in total. The molecule has 0 fully saturated rings. The summed E-state index contributed by atoms with van der Waals surface area (Å²) in [5.74, 6) is 0.422. The molecule has 0 saturated heterocycles. The van der Waals surface area contributed by atoms with E-state index >= 15 is 0 Å². The molecule has 0 aliphatic rings. The minimum Gasteiger partial charge on any atom is -0.508 e. The number of benzene rings is 1. The lowest BCUT2D eigenvalue weighted by molar-refractivity contribution is 0.475. The highest BCUT2D eigenvalue weighted by Crippen LogP contribution is 2.30. The zero-order valence-corrected chi connectivity index (χ0v) is 9.80. The topological polar surface area (TPSA) is 51.8 Å². The van der Waals surface area contributed by atoms with Crippen molar-refractivity contribution in [3.63, 3.8) is 0 Å². The average molecular weight is 238 g/mol. The standard InChI is InChI=1S/C15H14N2O/c18-12-7-5-11(6-8-12)15(13-3-1-9-16-13)14-4-2-10-17-14/h1-10,15-18H. The lowest BCUT2D eigenvalue weighted by Crippen LogP contribution is -2.03. The summed E-state index contributed by atoms with van der Waals surface area (Å²) in [7, 11) is 0. The molecule has 0 atom stereocenters. The molecule has 0 bridgehead atoms. The van der Waals surface area contributed by atoms with E-state index in [0.29, 0.717) is 0 Å². The Labute approximate surface area is 105 Å². The van der Waals surface area contributed by atoms with Gasteiger partial charge in [0.1, 0.15) is 5.75 Å². The van der Waals surface area contributed by atoms with Gasteiger partial charge in [-0.1, -0.05) is 12.1 Å². The van der Waals surface area contributed by atoms with E-state index in [0.717, 1.165) is 17.0 Å². The number of rotatable bonds is 3. The summed E-state index contributed by atoms with van der Waals surface area (Å²) in [5.41, 5.74) is 3.39. The van der Waals surface area contributed by atoms with Gasteiger partial charge in [-0.3, -0.25) is 0 Å². The Kier molecular flexibility index (Phi) is 2.65. The highest BCUT2D eigenvalue weighted by molar-refractivity contribution is 5.39. The van der Waals surface area contributed by atoms with Gasteiger partial charge < -0.3 is 15.1 Å². The Morgan fingerprint density at radius 1 is 0.778 bits per heavy atom. The van der Waals surface area contributed by atoms with Crippen LogP contribution in [0.4, 0.5) is 0 Å². The summed E-state index contributed by atoms with van der Waals surface area (Å²) in [6.45, 7) is 0. The Balaban J connectivity index is 2.08. The largest absolute Gasteiger partial charge is 0.508 e. The lowest BCUT2D eigenvalue weighted by Gasteiger charge is -2.15. The summed E-state index contributed by atoms with van der Waals surface area (Å²) >= 11 is 0. The monoisotopic (exact) mass is 238 g/mol. The smallest absolute Gasteiger partial charge is 0.115 e. The summed E-state index contributed by atoms with van der Waals surface area (Å²) < 4.78 is 0. The number of hydrogen-bond acceptors (Lipinski definition) is 1. The second-order valence-electron chi connectivity index (χ2n) is 4.28. The highest BCUT2D eigenvalue weighted by Gasteiger charge is 2.17. The van der Waals surface area contributed by atoms with Crippen molar-refractivity contribution in [1.82, 2.24) is 9.97 Å². The Morgan fingerprint density at radius 3 is 1.78 bits per heavy atom. The molecule has 3 aromatic rings. The van der Waals surface area contributed by atoms with Gasteiger partial charge in [0.25, 0.3) is 0 Å². The van der Waals surface area contributed by atoms with Crippen LogP contribution < -0.4 is 0 Å². The van der Waals surface area contributed by atoms with Crippen LogP contribution >= 0.6 is 0 Å². The number of aromatic nitrogens is 2. The first-order valence-electron chi connectivity index (χ1n) is 5.90. The molecule has 3 nitrogen and oxygen atoms in total. The molecule has 2 heterocycles. The molecule has 2 aromatic heterocycles. The number of aromatic hydroxyl groups is 1. The summed E-state index contributed by atoms with van der Waals surface area (Å²) in [6.07, 6.45) is 3.84. The minimum absolute atomic E-state index is 0.135. The molecule has 0 spiro atoms. The van der Waals surface area contributed by atoms with E-state index < -0.39 is 0 Å². The van der Waals surface area contributed by atoms with Crippen LogP contribution in [0, 0.1) is 0 Å². The predicted molar refractivity (Wildman–Crippen MR) is 70.6 cm³/mol. The van der Waals surface area contributed by atoms with Crippen LogP contribution in [0.3, 0.4) is 0 Å². The fourth-order valence-electron chi connectivity index (χ4n) is 2.24. The number of phenols is 1. The van der Waals surface area contributed by atoms with Crippen LogP contribution in [0.5, 0.6) is 5.75 Å². The maximum Gasteiger partial charge on any atom is 0.115 e. The molecule has 0 aliphatic heterocycles. The van der Waals surface area contributed by atoms with E-state index in [1.807, 2.05) is 36.7 Å². The van der Waals surface area contributed by atoms with Crippen molar-refractivity contribution in [3.05, 3.63) is 77.9 Å². The fourth-order valence-corrected chi connectivity index (χ4v) is 2.24. The van der Waals surface area contributed by atoms with Gasteiger partial charge >= 0.3 is 0 Å². The third kappa shape index (κ3) is 1.91. The van der Waals surface area contributed by atoms with Gasteiger partial charge in [-0.2, -0.15) is 0 Å². The van der Waals surface area contributed by atoms with Crippen molar-refractivity contribution >= 4 is 0 Å². The van der Waals surface area contributed by atoms with Crippen molar-refractivity contribution in [2.24, 2.45) is 0 Å². The van der Waals surface area contributed by atoms with Crippen molar-refractivity contribution in [3.8, 4) is 5.75 Å². The van der Waals surface area contributed by atoms with Crippen molar-refractivity contribution in [1.29, 1.82) is 0 Å². The van der Waals surface area contributed by atoms with E-state index in [4.69, 9.17) is 0 Å². The summed E-state index contributed by atoms with van der Waals surface area (Å²) in [4.78, 5) is 6.51. The van der Waals surface area contributed by atoms with E-state index in [2.05, 4.69) is 22.1 Å². The van der Waals surface area contributed by atoms with Gasteiger partial charge in [0.05, 0.1) is 5.92 Å². The number of aromatic amines is 2. The van der Waals surface area contributed by atoms with E-state index in [1.165, 1.54) is 0 Å². The zero-order chi connectivity index (χ0) is 12.4. The third-order valence-electron chi connectivity index (χ3n) is 3.09. The van der Waals surface area contributed by atoms with Crippen LogP contribution in [-0.4, -0.2) is 15.1 Å². The number of phenolic OH excluding ortho intramolecular Hbond substituents is 1. The van der Waals surface area contributed by atoms with Crippen LogP contribution in [0.25, 0.3) is 0 Å². The van der Waals surface area contributed by atoms with Crippen LogP contribution in [0.1, 0.15) is 22.9 Å². The van der Waals surface area contributed by atoms with Gasteiger partial charge in [0.15, 0.2) is 0 Å². The molecular weight excluding hydrogens is 224 g/mol. The molecule has 0 saturated carbocycles. The molecule has 0 amide bonds. The van der Waals surface area contributed by atoms with Gasteiger partial charge in [-0.25, -0.2) is 0 Å². The van der Waals surface area contributed by atoms with Gasteiger partial charge in [-0.15, -0.1) is 0 Å². The average Bonchev–Trinajstić information content (AvgIpc) is 3.06. The van der Waals surface area contributed by atoms with Crippen LogP contribution in [-0.2, 0) is 0 Å². The summed E-state index contributed by atoms with van der Waals surface area (Å²) in [6, 6.07) is 15.4. The van der Waals surface area contributed by atoms with E-state index in [-0.39, 0.29) is 11.7 Å². The lowest BCUT2D eigenvalue weighted by atomic mass is 9.92. The summed E-state index contributed by atoms with van der Waals surface area (Å²) in [5, 5.41) is 9.38. The van der Waals surface area contributed by atoms with Gasteiger partial charge in [0.2, 0.25) is 0 Å². The predicted octanol–water partition coefficient (Wildman–Crippen LogP) is 3.23. The molecule has 1 aromatic carbocycles. The maximum absolute atomic E-state index is 9.38. The van der Waals surface area contributed by atoms with Crippen LogP contribution in [0.15, 0.2) is 60.9 Å². The second-order valence-corrected chi connectivity index (χ2v) is 4.28. The van der Waals surface area contributed by atoms with Crippen LogP contribution in [0.2, 0.25) is 0 Å². The van der Waals surface area contributed by atoms with Crippen molar-refractivity contribution in [2.45, 2.75) is 5.92 Å². The normalized spacial score (nSPS) is 10.9. The van der Waals surface area contributed by atoms with E-state index in [1.54, 1.807) is 12.1 Å². The van der Waals surface area contributed by atoms with E-state index in [9.17, 15) is 5.11 Å². The first kappa shape index (κ1) is 10.7. The molecule has 3 heteroatoms. The number of H-pyrrole nitrogens is 2. The van der Waals surface area contributed by atoms with Gasteiger partial charge in [0, 0.05) is 23.8 Å². The quantitative estimate of drug-likeness (QED) is 0.644. The number of hydrogen-bond donors (Lipinski definition) is 3. The number of nitrogens with one attached hydrogen (secondary N) is 2. The Morgan fingerprint density at radius 2 is 1.33 bits per heavy atom. The SMILES string of the molecule is Oc1ccc(C(c2ccc[nH]2)c2ccc[nH]2)cc1. The molecule has 3 rings (SSSR count). The minimum atomic E-state index is 0.135. The third-order valence-corrected chi connectivity index (χ3v) is 3.09. The second kappa shape index (κ2) is 4.45. The molecule has 18 heavy (non-hydrogen) atoms. The Hall–Kier alpha value is -2.42. The maximum atomic E-state index is 9.38.